The number of benzene rings is 1. The third kappa shape index (κ3) is 7.25. The maximum atomic E-state index is 10.3. The minimum atomic E-state index is -1.02. The molecule has 0 saturated heterocycles. The van der Waals surface area contributed by atoms with Gasteiger partial charge in [0.25, 0.3) is 10.2 Å². The average Bonchev–Trinajstić information content (AvgIpc) is 2.39. The van der Waals surface area contributed by atoms with Crippen molar-refractivity contribution in [3.8, 4) is 0 Å². The number of hydrogen-bond acceptors (Lipinski definition) is 8. The van der Waals surface area contributed by atoms with Crippen LogP contribution in [0.2, 0.25) is 5.02 Å². The lowest BCUT2D eigenvalue weighted by atomic mass is 10.2. The Morgan fingerprint density at radius 2 is 2.05 bits per heavy atom. The standard InChI is InChI=1S/C10H11ClN2O6S2/c1-7-2-3-9(4-10(7)11)21-20-6-8(19-13(16)17)5-18-12(14)15/h2-4,8H,5-6H2,1H3. The summed E-state index contributed by atoms with van der Waals surface area (Å²) < 4.78 is 0. The third-order valence-corrected chi connectivity index (χ3v) is 4.97. The Morgan fingerprint density at radius 1 is 1.33 bits per heavy atom. The van der Waals surface area contributed by atoms with Crippen molar-refractivity contribution >= 4 is 33.2 Å². The first-order valence-electron chi connectivity index (χ1n) is 5.52. The molecule has 1 atom stereocenters. The molecule has 21 heavy (non-hydrogen) atoms. The highest BCUT2D eigenvalue weighted by Gasteiger charge is 2.16. The molecule has 0 N–H and O–H groups in total. The fraction of sp³-hybridized carbons (Fsp3) is 0.400. The lowest BCUT2D eigenvalue weighted by Gasteiger charge is -2.12. The van der Waals surface area contributed by atoms with Crippen LogP contribution in [0.25, 0.3) is 0 Å². The van der Waals surface area contributed by atoms with Gasteiger partial charge in [-0.05, 0) is 24.6 Å². The zero-order valence-electron chi connectivity index (χ0n) is 10.8. The van der Waals surface area contributed by atoms with Gasteiger partial charge in [0.1, 0.15) is 12.7 Å². The van der Waals surface area contributed by atoms with Gasteiger partial charge in [0.05, 0.1) is 0 Å². The van der Waals surface area contributed by atoms with Crippen LogP contribution in [0, 0.1) is 27.2 Å². The van der Waals surface area contributed by atoms with E-state index in [0.29, 0.717) is 5.02 Å². The van der Waals surface area contributed by atoms with Crippen molar-refractivity contribution in [2.24, 2.45) is 0 Å². The summed E-state index contributed by atoms with van der Waals surface area (Å²) in [6.07, 6.45) is -1.02. The fourth-order valence-electron chi connectivity index (χ4n) is 1.18. The molecule has 8 nitrogen and oxygen atoms in total. The van der Waals surface area contributed by atoms with Crippen molar-refractivity contribution in [3.05, 3.63) is 49.0 Å². The molecule has 0 aliphatic carbocycles. The van der Waals surface area contributed by atoms with Crippen molar-refractivity contribution in [1.82, 2.24) is 0 Å². The molecular weight excluding hydrogens is 344 g/mol. The van der Waals surface area contributed by atoms with Crippen LogP contribution in [0.1, 0.15) is 5.56 Å². The van der Waals surface area contributed by atoms with E-state index in [1.807, 2.05) is 19.1 Å². The molecule has 1 aromatic rings. The topological polar surface area (TPSA) is 105 Å². The van der Waals surface area contributed by atoms with E-state index in [9.17, 15) is 20.2 Å². The Bertz CT molecular complexity index is 518. The van der Waals surface area contributed by atoms with Crippen LogP contribution in [0.3, 0.4) is 0 Å². The number of hydrogen-bond donors (Lipinski definition) is 0. The van der Waals surface area contributed by atoms with E-state index in [1.165, 1.54) is 21.6 Å². The van der Waals surface area contributed by atoms with Gasteiger partial charge in [0.15, 0.2) is 0 Å². The first-order valence-corrected chi connectivity index (χ1v) is 8.22. The summed E-state index contributed by atoms with van der Waals surface area (Å²) in [5, 5.41) is 19.0. The van der Waals surface area contributed by atoms with E-state index in [0.717, 1.165) is 10.5 Å². The predicted molar refractivity (Wildman–Crippen MR) is 79.3 cm³/mol. The Labute approximate surface area is 132 Å². The zero-order valence-corrected chi connectivity index (χ0v) is 13.2. The molecule has 1 rings (SSSR count). The third-order valence-electron chi connectivity index (χ3n) is 2.15. The lowest BCUT2D eigenvalue weighted by molar-refractivity contribution is -0.788. The molecular formula is C10H11ClN2O6S2. The molecule has 11 heteroatoms. The van der Waals surface area contributed by atoms with Crippen LogP contribution in [0.5, 0.6) is 0 Å². The highest BCUT2D eigenvalue weighted by Crippen LogP contribution is 2.34. The second-order valence-electron chi connectivity index (χ2n) is 3.75. The zero-order chi connectivity index (χ0) is 15.8. The van der Waals surface area contributed by atoms with E-state index in [-0.39, 0.29) is 5.75 Å². The Morgan fingerprint density at radius 3 is 2.62 bits per heavy atom. The number of rotatable bonds is 9. The molecule has 0 aliphatic heterocycles. The molecule has 0 spiro atoms. The number of halogens is 1. The van der Waals surface area contributed by atoms with Gasteiger partial charge in [-0.2, -0.15) is 0 Å². The Balaban J connectivity index is 2.45. The van der Waals surface area contributed by atoms with Gasteiger partial charge in [-0.3, -0.25) is 0 Å². The Kier molecular flexibility index (Phi) is 7.40. The van der Waals surface area contributed by atoms with Gasteiger partial charge < -0.3 is 9.68 Å². The second kappa shape index (κ2) is 8.80. The maximum Gasteiger partial charge on any atom is 0.294 e. The smallest absolute Gasteiger partial charge is 0.294 e. The van der Waals surface area contributed by atoms with Crippen molar-refractivity contribution in [2.45, 2.75) is 17.9 Å². The summed E-state index contributed by atoms with van der Waals surface area (Å²) in [6.45, 7) is 1.37. The highest BCUT2D eigenvalue weighted by molar-refractivity contribution is 8.76. The predicted octanol–water partition coefficient (Wildman–Crippen LogP) is 3.17. The van der Waals surface area contributed by atoms with Crippen LogP contribution in [0.15, 0.2) is 23.1 Å². The Hall–Kier alpha value is -1.39. The molecule has 0 radical (unpaired) electrons. The van der Waals surface area contributed by atoms with Crippen molar-refractivity contribution in [1.29, 1.82) is 0 Å². The van der Waals surface area contributed by atoms with Crippen LogP contribution < -0.4 is 0 Å². The molecule has 116 valence electrons. The summed E-state index contributed by atoms with van der Waals surface area (Å²) >= 11 is 5.98. The van der Waals surface area contributed by atoms with Crippen LogP contribution in [-0.4, -0.2) is 28.6 Å². The van der Waals surface area contributed by atoms with Crippen molar-refractivity contribution in [2.75, 3.05) is 12.4 Å². The summed E-state index contributed by atoms with van der Waals surface area (Å²) in [6, 6.07) is 5.48. The molecule has 0 saturated carbocycles. The van der Waals surface area contributed by atoms with E-state index in [4.69, 9.17) is 11.6 Å². The molecule has 0 aliphatic rings. The number of nitrogens with zero attached hydrogens (tertiary/aromatic N) is 2. The van der Waals surface area contributed by atoms with E-state index in [2.05, 4.69) is 9.68 Å². The summed E-state index contributed by atoms with van der Waals surface area (Å²) in [5.74, 6) is 0.144. The minimum Gasteiger partial charge on any atom is -0.312 e. The molecule has 1 aromatic carbocycles. The summed E-state index contributed by atoms with van der Waals surface area (Å²) in [4.78, 5) is 29.7. The fourth-order valence-corrected chi connectivity index (χ4v) is 3.60. The molecule has 0 fully saturated rings. The molecule has 0 aromatic heterocycles. The van der Waals surface area contributed by atoms with Gasteiger partial charge >= 0.3 is 0 Å². The van der Waals surface area contributed by atoms with E-state index in [1.54, 1.807) is 6.07 Å². The first kappa shape index (κ1) is 17.7. The molecule has 0 heterocycles. The van der Waals surface area contributed by atoms with Crippen LogP contribution >= 0.6 is 33.2 Å². The van der Waals surface area contributed by atoms with E-state index >= 15 is 0 Å². The summed E-state index contributed by atoms with van der Waals surface area (Å²) in [7, 11) is 2.59. The van der Waals surface area contributed by atoms with Gasteiger partial charge in [0, 0.05) is 15.7 Å². The highest BCUT2D eigenvalue weighted by atomic mass is 35.5. The quantitative estimate of drug-likeness (QED) is 0.378. The van der Waals surface area contributed by atoms with Gasteiger partial charge in [-0.1, -0.05) is 39.3 Å². The van der Waals surface area contributed by atoms with Crippen molar-refractivity contribution < 1.29 is 19.8 Å². The minimum absolute atomic E-state index is 0.144. The van der Waals surface area contributed by atoms with Crippen molar-refractivity contribution in [3.63, 3.8) is 0 Å². The molecule has 0 bridgehead atoms. The first-order chi connectivity index (χ1) is 9.88. The monoisotopic (exact) mass is 354 g/mol. The van der Waals surface area contributed by atoms with Crippen LogP contribution in [0.4, 0.5) is 0 Å². The maximum absolute atomic E-state index is 10.3. The molecule has 1 unspecified atom stereocenters. The van der Waals surface area contributed by atoms with Gasteiger partial charge in [-0.25, -0.2) is 0 Å². The van der Waals surface area contributed by atoms with E-state index < -0.39 is 22.9 Å². The second-order valence-corrected chi connectivity index (χ2v) is 6.57. The largest absolute Gasteiger partial charge is 0.312 e. The lowest BCUT2D eigenvalue weighted by Crippen LogP contribution is -2.26. The normalized spacial score (nSPS) is 11.7. The van der Waals surface area contributed by atoms with Crippen LogP contribution in [-0.2, 0) is 9.68 Å². The average molecular weight is 355 g/mol. The number of aryl methyl sites for hydroxylation is 1. The summed E-state index contributed by atoms with van der Waals surface area (Å²) in [5.41, 5.74) is 0.944. The van der Waals surface area contributed by atoms with Gasteiger partial charge in [-0.15, -0.1) is 20.2 Å². The molecule has 0 amide bonds. The van der Waals surface area contributed by atoms with Gasteiger partial charge in [0.2, 0.25) is 0 Å². The SMILES string of the molecule is Cc1ccc(SSCC(CO[N+](=O)[O-])O[N+](=O)[O-])cc1Cl.